The summed E-state index contributed by atoms with van der Waals surface area (Å²) in [4.78, 5) is 12.3. The summed E-state index contributed by atoms with van der Waals surface area (Å²) in [6, 6.07) is 20.3. The van der Waals surface area contributed by atoms with Crippen LogP contribution < -0.4 is 9.47 Å². The number of hydrogen-bond acceptors (Lipinski definition) is 3. The average molecular weight is 458 g/mol. The lowest BCUT2D eigenvalue weighted by Gasteiger charge is -2.12. The molecule has 3 rings (SSSR count). The van der Waals surface area contributed by atoms with Crippen LogP contribution in [0.25, 0.3) is 6.08 Å². The Morgan fingerprint density at radius 3 is 2.50 bits per heavy atom. The van der Waals surface area contributed by atoms with Crippen molar-refractivity contribution in [3.05, 3.63) is 99.0 Å². The molecule has 0 atom stereocenters. The van der Waals surface area contributed by atoms with Crippen molar-refractivity contribution in [1.29, 1.82) is 0 Å². The minimum atomic E-state index is -0.0582. The first-order valence-corrected chi connectivity index (χ1v) is 9.76. The molecule has 0 fully saturated rings. The third-order valence-electron chi connectivity index (χ3n) is 4.08. The van der Waals surface area contributed by atoms with Crippen LogP contribution in [0.3, 0.4) is 0 Å². The van der Waals surface area contributed by atoms with E-state index in [9.17, 15) is 4.79 Å². The predicted molar refractivity (Wildman–Crippen MR) is 116 cm³/mol. The molecule has 3 aromatic rings. The van der Waals surface area contributed by atoms with Crippen molar-refractivity contribution >= 4 is 39.4 Å². The Bertz CT molecular complexity index is 997. The largest absolute Gasteiger partial charge is 0.496 e. The monoisotopic (exact) mass is 456 g/mol. The van der Waals surface area contributed by atoms with Gasteiger partial charge < -0.3 is 9.47 Å². The van der Waals surface area contributed by atoms with Crippen LogP contribution in [-0.2, 0) is 6.61 Å². The van der Waals surface area contributed by atoms with E-state index >= 15 is 0 Å². The van der Waals surface area contributed by atoms with Gasteiger partial charge in [-0.15, -0.1) is 0 Å². The molecule has 28 heavy (non-hydrogen) atoms. The molecule has 0 amide bonds. The van der Waals surface area contributed by atoms with Crippen molar-refractivity contribution in [2.75, 3.05) is 7.11 Å². The number of allylic oxidation sites excluding steroid dienone is 1. The maximum Gasteiger partial charge on any atom is 0.185 e. The molecule has 0 spiro atoms. The Kier molecular flexibility index (Phi) is 6.90. The maximum atomic E-state index is 12.3. The first-order valence-electron chi connectivity index (χ1n) is 8.59. The van der Waals surface area contributed by atoms with Gasteiger partial charge in [0, 0.05) is 15.6 Å². The Morgan fingerprint density at radius 1 is 1.04 bits per heavy atom. The van der Waals surface area contributed by atoms with Crippen LogP contribution in [0.1, 0.15) is 21.5 Å². The van der Waals surface area contributed by atoms with E-state index in [2.05, 4.69) is 15.9 Å². The highest BCUT2D eigenvalue weighted by atomic mass is 79.9. The van der Waals surface area contributed by atoms with Crippen LogP contribution in [0.15, 0.2) is 77.3 Å². The maximum absolute atomic E-state index is 12.3. The molecule has 3 nitrogen and oxygen atoms in total. The summed E-state index contributed by atoms with van der Waals surface area (Å²) in [6.45, 7) is 0.301. The second kappa shape index (κ2) is 9.58. The standard InChI is InChI=1S/C23H18BrClO3/c1-27-22-13-7-16(6-12-21(26)17-8-10-19(24)11-9-17)14-18(22)15-28-23-5-3-2-4-20(23)25/h2-14H,15H2,1H3/b12-6+. The number of rotatable bonds is 7. The van der Waals surface area contributed by atoms with Crippen LogP contribution in [0.5, 0.6) is 11.5 Å². The minimum absolute atomic E-state index is 0.0582. The molecule has 0 aliphatic rings. The molecule has 142 valence electrons. The summed E-state index contributed by atoms with van der Waals surface area (Å²) in [5.41, 5.74) is 2.37. The predicted octanol–water partition coefficient (Wildman–Crippen LogP) is 6.59. The first-order chi connectivity index (χ1) is 13.6. The van der Waals surface area contributed by atoms with E-state index in [-0.39, 0.29) is 5.78 Å². The van der Waals surface area contributed by atoms with Gasteiger partial charge >= 0.3 is 0 Å². The highest BCUT2D eigenvalue weighted by Crippen LogP contribution is 2.27. The van der Waals surface area contributed by atoms with Crippen LogP contribution in [-0.4, -0.2) is 12.9 Å². The van der Waals surface area contributed by atoms with Crippen molar-refractivity contribution < 1.29 is 14.3 Å². The molecule has 0 saturated heterocycles. The van der Waals surface area contributed by atoms with E-state index in [1.165, 1.54) is 0 Å². The zero-order chi connectivity index (χ0) is 19.9. The fraction of sp³-hybridized carbons (Fsp3) is 0.0870. The Labute approximate surface area is 177 Å². The SMILES string of the molecule is COc1ccc(/C=C/C(=O)c2ccc(Br)cc2)cc1COc1ccccc1Cl. The van der Waals surface area contributed by atoms with Gasteiger partial charge in [-0.3, -0.25) is 4.79 Å². The van der Waals surface area contributed by atoms with Crippen molar-refractivity contribution in [1.82, 2.24) is 0 Å². The van der Waals surface area contributed by atoms with Crippen LogP contribution in [0, 0.1) is 0 Å². The molecule has 0 aromatic heterocycles. The zero-order valence-corrected chi connectivity index (χ0v) is 17.5. The summed E-state index contributed by atoms with van der Waals surface area (Å²) in [6.07, 6.45) is 3.34. The van der Waals surface area contributed by atoms with E-state index in [1.807, 2.05) is 48.5 Å². The first kappa shape index (κ1) is 20.2. The van der Waals surface area contributed by atoms with Gasteiger partial charge in [0.1, 0.15) is 18.1 Å². The molecule has 5 heteroatoms. The summed E-state index contributed by atoms with van der Waals surface area (Å²) >= 11 is 9.51. The lowest BCUT2D eigenvalue weighted by atomic mass is 10.1. The molecule has 3 aromatic carbocycles. The van der Waals surface area contributed by atoms with E-state index in [0.717, 1.165) is 15.6 Å². The highest BCUT2D eigenvalue weighted by Gasteiger charge is 2.07. The van der Waals surface area contributed by atoms with Crippen molar-refractivity contribution in [2.45, 2.75) is 6.61 Å². The normalized spacial score (nSPS) is 10.8. The van der Waals surface area contributed by atoms with Crippen molar-refractivity contribution in [3.63, 3.8) is 0 Å². The number of methoxy groups -OCH3 is 1. The second-order valence-electron chi connectivity index (χ2n) is 5.99. The number of carbonyl (C=O) groups is 1. The van der Waals surface area contributed by atoms with Gasteiger partial charge in [-0.05, 0) is 60.2 Å². The average Bonchev–Trinajstić information content (AvgIpc) is 2.72. The van der Waals surface area contributed by atoms with Gasteiger partial charge in [-0.25, -0.2) is 0 Å². The Morgan fingerprint density at radius 2 is 1.79 bits per heavy atom. The Hall–Kier alpha value is -2.56. The van der Waals surface area contributed by atoms with Crippen LogP contribution >= 0.6 is 27.5 Å². The quantitative estimate of drug-likeness (QED) is 0.297. The van der Waals surface area contributed by atoms with E-state index in [1.54, 1.807) is 37.5 Å². The van der Waals surface area contributed by atoms with E-state index in [4.69, 9.17) is 21.1 Å². The number of para-hydroxylation sites is 1. The highest BCUT2D eigenvalue weighted by molar-refractivity contribution is 9.10. The molecule has 0 heterocycles. The van der Waals surface area contributed by atoms with Crippen LogP contribution in [0.4, 0.5) is 0 Å². The Balaban J connectivity index is 1.75. The zero-order valence-electron chi connectivity index (χ0n) is 15.2. The third-order valence-corrected chi connectivity index (χ3v) is 4.92. The molecular weight excluding hydrogens is 440 g/mol. The summed E-state index contributed by atoms with van der Waals surface area (Å²) in [7, 11) is 1.61. The molecule has 0 radical (unpaired) electrons. The van der Waals surface area contributed by atoms with Gasteiger partial charge in [-0.2, -0.15) is 0 Å². The smallest absolute Gasteiger partial charge is 0.185 e. The summed E-state index contributed by atoms with van der Waals surface area (Å²) in [5.74, 6) is 1.26. The number of carbonyl (C=O) groups excluding carboxylic acids is 1. The molecular formula is C23H18BrClO3. The van der Waals surface area contributed by atoms with Gasteiger partial charge in [0.05, 0.1) is 12.1 Å². The molecule has 0 aliphatic heterocycles. The van der Waals surface area contributed by atoms with E-state index < -0.39 is 0 Å². The van der Waals surface area contributed by atoms with Crippen LogP contribution in [0.2, 0.25) is 5.02 Å². The van der Waals surface area contributed by atoms with Gasteiger partial charge in [0.25, 0.3) is 0 Å². The number of ketones is 1. The van der Waals surface area contributed by atoms with Gasteiger partial charge in [0.2, 0.25) is 0 Å². The number of benzene rings is 3. The fourth-order valence-electron chi connectivity index (χ4n) is 2.61. The molecule has 0 N–H and O–H groups in total. The lowest BCUT2D eigenvalue weighted by molar-refractivity contribution is 0.104. The molecule has 0 unspecified atom stereocenters. The topological polar surface area (TPSA) is 35.5 Å². The number of halogens is 2. The molecule has 0 bridgehead atoms. The van der Waals surface area contributed by atoms with Crippen molar-refractivity contribution in [3.8, 4) is 11.5 Å². The molecule has 0 aliphatic carbocycles. The second-order valence-corrected chi connectivity index (χ2v) is 7.32. The number of hydrogen-bond donors (Lipinski definition) is 0. The molecule has 0 saturated carbocycles. The summed E-state index contributed by atoms with van der Waals surface area (Å²) in [5, 5.41) is 0.553. The lowest BCUT2D eigenvalue weighted by Crippen LogP contribution is -2.00. The minimum Gasteiger partial charge on any atom is -0.496 e. The van der Waals surface area contributed by atoms with Gasteiger partial charge in [-0.1, -0.05) is 51.8 Å². The number of ether oxygens (including phenoxy) is 2. The fourth-order valence-corrected chi connectivity index (χ4v) is 3.07. The summed E-state index contributed by atoms with van der Waals surface area (Å²) < 4.78 is 12.2. The van der Waals surface area contributed by atoms with E-state index in [0.29, 0.717) is 28.7 Å². The van der Waals surface area contributed by atoms with Crippen molar-refractivity contribution in [2.24, 2.45) is 0 Å². The van der Waals surface area contributed by atoms with Gasteiger partial charge in [0.15, 0.2) is 5.78 Å². The third kappa shape index (κ3) is 5.24.